The fourth-order valence-electron chi connectivity index (χ4n) is 2.38. The van der Waals surface area contributed by atoms with Crippen LogP contribution in [0, 0.1) is 5.92 Å². The van der Waals surface area contributed by atoms with Crippen LogP contribution in [0.5, 0.6) is 0 Å². The second-order valence-electron chi connectivity index (χ2n) is 4.84. The number of hydrogen-bond donors (Lipinski definition) is 0. The molecule has 0 aliphatic heterocycles. The second kappa shape index (κ2) is 5.77. The van der Waals surface area contributed by atoms with Gasteiger partial charge in [-0.15, -0.1) is 0 Å². The van der Waals surface area contributed by atoms with Gasteiger partial charge in [0.25, 0.3) is 0 Å². The summed E-state index contributed by atoms with van der Waals surface area (Å²) >= 11 is 12.2. The van der Waals surface area contributed by atoms with Gasteiger partial charge in [0.2, 0.25) is 0 Å². The summed E-state index contributed by atoms with van der Waals surface area (Å²) in [4.78, 5) is 0. The van der Waals surface area contributed by atoms with E-state index in [9.17, 15) is 0 Å². The average molecular weight is 279 g/mol. The summed E-state index contributed by atoms with van der Waals surface area (Å²) in [6, 6.07) is 16.3. The molecule has 0 spiro atoms. The first kappa shape index (κ1) is 13.5. The minimum absolute atomic E-state index is 0.322. The number of rotatable bonds is 3. The van der Waals surface area contributed by atoms with Gasteiger partial charge in [-0.2, -0.15) is 0 Å². The van der Waals surface area contributed by atoms with Crippen LogP contribution in [0.3, 0.4) is 0 Å². The van der Waals surface area contributed by atoms with E-state index in [1.54, 1.807) is 6.07 Å². The Morgan fingerprint density at radius 3 is 1.83 bits per heavy atom. The van der Waals surface area contributed by atoms with E-state index in [0.29, 0.717) is 21.9 Å². The third-order valence-corrected chi connectivity index (χ3v) is 3.51. The molecule has 0 aliphatic carbocycles. The van der Waals surface area contributed by atoms with Gasteiger partial charge >= 0.3 is 0 Å². The molecule has 0 aromatic heterocycles. The van der Waals surface area contributed by atoms with Crippen LogP contribution in [0.25, 0.3) is 0 Å². The minimum Gasteiger partial charge on any atom is -0.0843 e. The van der Waals surface area contributed by atoms with Crippen molar-refractivity contribution < 1.29 is 0 Å². The molecule has 0 bridgehead atoms. The van der Waals surface area contributed by atoms with Crippen molar-refractivity contribution in [2.75, 3.05) is 0 Å². The zero-order chi connectivity index (χ0) is 13.1. The molecule has 2 heteroatoms. The van der Waals surface area contributed by atoms with Gasteiger partial charge in [-0.3, -0.25) is 0 Å². The van der Waals surface area contributed by atoms with Crippen molar-refractivity contribution in [2.45, 2.75) is 19.8 Å². The summed E-state index contributed by atoms with van der Waals surface area (Å²) in [6.07, 6.45) is 0. The molecule has 18 heavy (non-hydrogen) atoms. The Bertz CT molecular complexity index is 498. The van der Waals surface area contributed by atoms with Crippen LogP contribution in [0.2, 0.25) is 10.0 Å². The Hall–Kier alpha value is -0.980. The van der Waals surface area contributed by atoms with Gasteiger partial charge in [0.05, 0.1) is 0 Å². The molecule has 1 atom stereocenters. The summed E-state index contributed by atoms with van der Waals surface area (Å²) in [5, 5.41) is 1.39. The highest BCUT2D eigenvalue weighted by Gasteiger charge is 2.18. The molecule has 0 radical (unpaired) electrons. The maximum absolute atomic E-state index is 6.10. The number of hydrogen-bond acceptors (Lipinski definition) is 0. The van der Waals surface area contributed by atoms with E-state index in [4.69, 9.17) is 23.2 Å². The van der Waals surface area contributed by atoms with E-state index in [1.165, 1.54) is 11.1 Å². The molecule has 0 N–H and O–H groups in total. The largest absolute Gasteiger partial charge is 0.0843 e. The van der Waals surface area contributed by atoms with Gasteiger partial charge in [0.1, 0.15) is 0 Å². The van der Waals surface area contributed by atoms with E-state index >= 15 is 0 Å². The van der Waals surface area contributed by atoms with Gasteiger partial charge in [0.15, 0.2) is 0 Å². The highest BCUT2D eigenvalue weighted by Crippen LogP contribution is 2.34. The zero-order valence-electron chi connectivity index (χ0n) is 10.5. The molecule has 0 saturated carbocycles. The molecule has 0 saturated heterocycles. The summed E-state index contributed by atoms with van der Waals surface area (Å²) in [7, 11) is 0. The number of benzene rings is 2. The Kier molecular flexibility index (Phi) is 4.31. The summed E-state index contributed by atoms with van der Waals surface area (Å²) in [5.41, 5.74) is 2.47. The fraction of sp³-hybridized carbons (Fsp3) is 0.250. The molecule has 0 aliphatic rings. The molecule has 0 heterocycles. The zero-order valence-corrected chi connectivity index (χ0v) is 12.0. The van der Waals surface area contributed by atoms with Crippen LogP contribution >= 0.6 is 23.2 Å². The highest BCUT2D eigenvalue weighted by atomic mass is 35.5. The molecule has 0 nitrogen and oxygen atoms in total. The first-order chi connectivity index (χ1) is 8.58. The van der Waals surface area contributed by atoms with E-state index in [2.05, 4.69) is 38.1 Å². The van der Waals surface area contributed by atoms with Crippen LogP contribution in [0.15, 0.2) is 48.5 Å². The second-order valence-corrected chi connectivity index (χ2v) is 5.71. The van der Waals surface area contributed by atoms with Gasteiger partial charge in [-0.25, -0.2) is 0 Å². The lowest BCUT2D eigenvalue weighted by Crippen LogP contribution is -2.08. The van der Waals surface area contributed by atoms with E-state index < -0.39 is 0 Å². The van der Waals surface area contributed by atoms with Crippen LogP contribution in [-0.2, 0) is 0 Å². The van der Waals surface area contributed by atoms with Gasteiger partial charge in [-0.05, 0) is 35.2 Å². The lowest BCUT2D eigenvalue weighted by atomic mass is 9.83. The van der Waals surface area contributed by atoms with Crippen molar-refractivity contribution in [3.05, 3.63) is 69.7 Å². The van der Waals surface area contributed by atoms with E-state index in [0.717, 1.165) is 0 Å². The van der Waals surface area contributed by atoms with Crippen molar-refractivity contribution in [3.63, 3.8) is 0 Å². The van der Waals surface area contributed by atoms with Crippen molar-refractivity contribution in [1.82, 2.24) is 0 Å². The van der Waals surface area contributed by atoms with Crippen LogP contribution in [0.1, 0.15) is 30.9 Å². The average Bonchev–Trinajstić information content (AvgIpc) is 2.28. The van der Waals surface area contributed by atoms with Crippen LogP contribution in [-0.4, -0.2) is 0 Å². The molecule has 0 amide bonds. The predicted octanol–water partition coefficient (Wildman–Crippen LogP) is 5.78. The minimum atomic E-state index is 0.322. The fourth-order valence-corrected chi connectivity index (χ4v) is 2.92. The molecule has 2 aromatic rings. The summed E-state index contributed by atoms with van der Waals surface area (Å²) in [6.45, 7) is 4.43. The Labute approximate surface area is 119 Å². The van der Waals surface area contributed by atoms with Gasteiger partial charge < -0.3 is 0 Å². The Morgan fingerprint density at radius 2 is 1.33 bits per heavy atom. The summed E-state index contributed by atoms with van der Waals surface area (Å²) in [5.74, 6) is 0.810. The molecular weight excluding hydrogens is 263 g/mol. The van der Waals surface area contributed by atoms with Crippen LogP contribution in [0.4, 0.5) is 0 Å². The molecule has 2 aromatic carbocycles. The van der Waals surface area contributed by atoms with Crippen molar-refractivity contribution >= 4 is 23.2 Å². The molecule has 0 fully saturated rings. The normalized spacial score (nSPS) is 12.7. The van der Waals surface area contributed by atoms with Crippen molar-refractivity contribution in [3.8, 4) is 0 Å². The first-order valence-electron chi connectivity index (χ1n) is 6.09. The number of halogens is 2. The molecule has 1 unspecified atom stereocenters. The van der Waals surface area contributed by atoms with E-state index in [1.807, 2.05) is 18.2 Å². The third-order valence-electron chi connectivity index (χ3n) is 3.07. The lowest BCUT2D eigenvalue weighted by Gasteiger charge is -2.22. The molecule has 2 rings (SSSR count). The standard InChI is InChI=1S/C16H16Cl2/c1-11(2)16(12-6-4-3-5-7-12)13-8-14(17)10-15(18)9-13/h3-11,16H,1-2H3. The monoisotopic (exact) mass is 278 g/mol. The molecule has 94 valence electrons. The SMILES string of the molecule is CC(C)C(c1ccccc1)c1cc(Cl)cc(Cl)c1. The first-order valence-corrected chi connectivity index (χ1v) is 6.84. The van der Waals surface area contributed by atoms with Crippen molar-refractivity contribution in [2.24, 2.45) is 5.92 Å². The smallest absolute Gasteiger partial charge is 0.0423 e. The van der Waals surface area contributed by atoms with Crippen LogP contribution < -0.4 is 0 Å². The topological polar surface area (TPSA) is 0 Å². The highest BCUT2D eigenvalue weighted by molar-refractivity contribution is 6.34. The lowest BCUT2D eigenvalue weighted by molar-refractivity contribution is 0.564. The Morgan fingerprint density at radius 1 is 0.778 bits per heavy atom. The van der Waals surface area contributed by atoms with Gasteiger partial charge in [-0.1, -0.05) is 67.4 Å². The Balaban J connectivity index is 2.48. The predicted molar refractivity (Wildman–Crippen MR) is 79.6 cm³/mol. The maximum Gasteiger partial charge on any atom is 0.0423 e. The summed E-state index contributed by atoms with van der Waals surface area (Å²) < 4.78 is 0. The third kappa shape index (κ3) is 3.07. The quantitative estimate of drug-likeness (QED) is 0.668. The van der Waals surface area contributed by atoms with Gasteiger partial charge in [0, 0.05) is 16.0 Å². The maximum atomic E-state index is 6.10. The van der Waals surface area contributed by atoms with Crippen molar-refractivity contribution in [1.29, 1.82) is 0 Å². The molecular formula is C16H16Cl2. The van der Waals surface area contributed by atoms with E-state index in [-0.39, 0.29) is 0 Å².